The number of nitrogens with one attached hydrogen (secondary N) is 1. The molecule has 0 bridgehead atoms. The normalized spacial score (nSPS) is 12.5. The van der Waals surface area contributed by atoms with Crippen molar-refractivity contribution in [3.05, 3.63) is 33.9 Å². The zero-order valence-corrected chi connectivity index (χ0v) is 12.4. The van der Waals surface area contributed by atoms with Crippen molar-refractivity contribution in [1.29, 1.82) is 0 Å². The van der Waals surface area contributed by atoms with Gasteiger partial charge < -0.3 is 4.53 Å². The highest BCUT2D eigenvalue weighted by molar-refractivity contribution is 6.48. The lowest BCUT2D eigenvalue weighted by atomic mass is 9.96. The minimum atomic E-state index is -1.18. The number of nitro benzene ring substituents is 1. The Bertz CT molecular complexity index is 424. The zero-order chi connectivity index (χ0) is 13.7. The Morgan fingerprint density at radius 1 is 1.50 bits per heavy atom. The van der Waals surface area contributed by atoms with E-state index in [9.17, 15) is 10.1 Å². The lowest BCUT2D eigenvalue weighted by Gasteiger charge is -2.17. The molecule has 5 nitrogen and oxygen atoms in total. The first-order chi connectivity index (χ1) is 8.45. The summed E-state index contributed by atoms with van der Waals surface area (Å²) in [5.41, 5.74) is 4.82. The minimum Gasteiger partial charge on any atom is -0.326 e. The number of hydrogen-bond acceptors (Lipinski definition) is 4. The lowest BCUT2D eigenvalue weighted by Crippen LogP contribution is -2.14. The van der Waals surface area contributed by atoms with E-state index in [4.69, 9.17) is 4.53 Å². The average Bonchev–Trinajstić information content (AvgIpc) is 2.34. The fraction of sp³-hybridized carbons (Fsp3) is 0.500. The molecule has 1 rings (SSSR count). The van der Waals surface area contributed by atoms with E-state index < -0.39 is 9.04 Å². The van der Waals surface area contributed by atoms with Crippen LogP contribution in [-0.4, -0.2) is 14.0 Å². The van der Waals surface area contributed by atoms with Gasteiger partial charge in [0.15, 0.2) is 0 Å². The van der Waals surface area contributed by atoms with Crippen LogP contribution >= 0.6 is 0 Å². The molecule has 6 heteroatoms. The van der Waals surface area contributed by atoms with E-state index in [1.54, 1.807) is 12.1 Å². The highest BCUT2D eigenvalue weighted by Crippen LogP contribution is 2.30. The smallest absolute Gasteiger partial charge is 0.269 e. The Morgan fingerprint density at radius 3 is 2.67 bits per heavy atom. The Kier molecular flexibility index (Phi) is 5.30. The Labute approximate surface area is 109 Å². The summed E-state index contributed by atoms with van der Waals surface area (Å²) in [4.78, 5) is 10.4. The van der Waals surface area contributed by atoms with Crippen LogP contribution in [0, 0.1) is 10.1 Å². The van der Waals surface area contributed by atoms with Crippen LogP contribution in [0.25, 0.3) is 0 Å². The molecule has 0 amide bonds. The second kappa shape index (κ2) is 6.51. The van der Waals surface area contributed by atoms with E-state index in [0.717, 1.165) is 17.7 Å². The van der Waals surface area contributed by atoms with Crippen LogP contribution in [0.1, 0.15) is 31.7 Å². The van der Waals surface area contributed by atoms with Gasteiger partial charge in [-0.3, -0.25) is 15.6 Å². The van der Waals surface area contributed by atoms with Gasteiger partial charge in [0.2, 0.25) is 9.04 Å². The van der Waals surface area contributed by atoms with Crippen molar-refractivity contribution in [3.63, 3.8) is 0 Å². The molecule has 1 unspecified atom stereocenters. The van der Waals surface area contributed by atoms with Gasteiger partial charge in [0, 0.05) is 12.1 Å². The molecular weight excluding hydrogens is 248 g/mol. The summed E-state index contributed by atoms with van der Waals surface area (Å²) in [7, 11) is -1.18. The number of hydrogen-bond donors (Lipinski definition) is 1. The van der Waals surface area contributed by atoms with Crippen molar-refractivity contribution >= 4 is 20.4 Å². The maximum Gasteiger partial charge on any atom is 0.269 e. The number of nitro groups is 1. The van der Waals surface area contributed by atoms with Crippen molar-refractivity contribution < 1.29 is 9.45 Å². The summed E-state index contributed by atoms with van der Waals surface area (Å²) >= 11 is 0. The monoisotopic (exact) mass is 268 g/mol. The summed E-state index contributed by atoms with van der Waals surface area (Å²) in [6.07, 6.45) is 0.926. The van der Waals surface area contributed by atoms with E-state index in [1.165, 1.54) is 6.07 Å². The summed E-state index contributed by atoms with van der Waals surface area (Å²) < 4.78 is 5.48. The Morgan fingerprint density at radius 2 is 2.17 bits per heavy atom. The molecule has 0 spiro atoms. The third-order valence-electron chi connectivity index (χ3n) is 2.79. The minimum absolute atomic E-state index is 0.123. The standard InChI is InChI=1S/C12H20N2O3Si/c1-5-9(2)11-8-10(14(15)16)6-7-12(11)13-17-18(3)4/h6-9,13,18H,5H2,1-4H3. The molecule has 0 aromatic heterocycles. The quantitative estimate of drug-likeness (QED) is 0.487. The van der Waals surface area contributed by atoms with Crippen molar-refractivity contribution in [2.75, 3.05) is 5.48 Å². The molecule has 0 heterocycles. The highest BCUT2D eigenvalue weighted by Gasteiger charge is 2.15. The average molecular weight is 268 g/mol. The zero-order valence-electron chi connectivity index (χ0n) is 11.3. The van der Waals surface area contributed by atoms with Crippen LogP contribution in [0.3, 0.4) is 0 Å². The van der Waals surface area contributed by atoms with Crippen LogP contribution in [0.2, 0.25) is 13.1 Å². The molecule has 100 valence electrons. The highest BCUT2D eigenvalue weighted by atomic mass is 28.3. The maximum absolute atomic E-state index is 10.8. The van der Waals surface area contributed by atoms with Gasteiger partial charge in [-0.1, -0.05) is 13.8 Å². The molecule has 18 heavy (non-hydrogen) atoms. The predicted molar refractivity (Wildman–Crippen MR) is 75.4 cm³/mol. The molecule has 0 saturated carbocycles. The third kappa shape index (κ3) is 3.81. The molecule has 0 fully saturated rings. The summed E-state index contributed by atoms with van der Waals surface area (Å²) in [5.74, 6) is 0.254. The van der Waals surface area contributed by atoms with Gasteiger partial charge in [-0.05, 0) is 37.1 Å². The van der Waals surface area contributed by atoms with E-state index in [1.807, 2.05) is 0 Å². The van der Waals surface area contributed by atoms with Crippen molar-refractivity contribution in [2.24, 2.45) is 0 Å². The molecule has 0 aliphatic rings. The van der Waals surface area contributed by atoms with Gasteiger partial charge in [0.1, 0.15) is 0 Å². The van der Waals surface area contributed by atoms with Crippen LogP contribution in [0.4, 0.5) is 11.4 Å². The predicted octanol–water partition coefficient (Wildman–Crippen LogP) is 3.44. The van der Waals surface area contributed by atoms with Gasteiger partial charge in [0.25, 0.3) is 5.69 Å². The summed E-state index contributed by atoms with van der Waals surface area (Å²) in [6.45, 7) is 8.23. The summed E-state index contributed by atoms with van der Waals surface area (Å²) in [5, 5.41) is 10.8. The second-order valence-corrected chi connectivity index (χ2v) is 6.94. The molecule has 1 aromatic carbocycles. The van der Waals surface area contributed by atoms with E-state index in [0.29, 0.717) is 0 Å². The van der Waals surface area contributed by atoms with E-state index in [-0.39, 0.29) is 16.5 Å². The van der Waals surface area contributed by atoms with Gasteiger partial charge in [-0.25, -0.2) is 0 Å². The number of anilines is 1. The SMILES string of the molecule is CCC(C)c1cc([N+](=O)[O-])ccc1NO[SiH](C)C. The van der Waals surface area contributed by atoms with Gasteiger partial charge >= 0.3 is 0 Å². The first kappa shape index (κ1) is 14.7. The van der Waals surface area contributed by atoms with E-state index >= 15 is 0 Å². The molecule has 0 aliphatic carbocycles. The van der Waals surface area contributed by atoms with Crippen molar-refractivity contribution in [1.82, 2.24) is 0 Å². The molecular formula is C12H20N2O3Si. The molecule has 1 atom stereocenters. The molecule has 0 saturated heterocycles. The van der Waals surface area contributed by atoms with Crippen LogP contribution < -0.4 is 5.48 Å². The first-order valence-electron chi connectivity index (χ1n) is 6.15. The Hall–Kier alpha value is -1.40. The molecule has 0 aliphatic heterocycles. The molecule has 0 radical (unpaired) electrons. The first-order valence-corrected chi connectivity index (χ1v) is 8.93. The second-order valence-electron chi connectivity index (χ2n) is 4.61. The van der Waals surface area contributed by atoms with Crippen molar-refractivity contribution in [2.45, 2.75) is 39.3 Å². The van der Waals surface area contributed by atoms with Crippen molar-refractivity contribution in [3.8, 4) is 0 Å². The topological polar surface area (TPSA) is 64.4 Å². The molecule has 1 aromatic rings. The number of rotatable bonds is 6. The fourth-order valence-corrected chi connectivity index (χ4v) is 1.93. The van der Waals surface area contributed by atoms with Gasteiger partial charge in [-0.2, -0.15) is 0 Å². The number of benzene rings is 1. The maximum atomic E-state index is 10.8. The van der Waals surface area contributed by atoms with Crippen LogP contribution in [0.5, 0.6) is 0 Å². The lowest BCUT2D eigenvalue weighted by molar-refractivity contribution is -0.384. The van der Waals surface area contributed by atoms with Crippen LogP contribution in [-0.2, 0) is 4.53 Å². The largest absolute Gasteiger partial charge is 0.326 e. The number of nitrogens with zero attached hydrogens (tertiary/aromatic N) is 1. The summed E-state index contributed by atoms with van der Waals surface area (Å²) in [6, 6.07) is 4.84. The fourth-order valence-electron chi connectivity index (χ4n) is 1.57. The van der Waals surface area contributed by atoms with Crippen LogP contribution in [0.15, 0.2) is 18.2 Å². The van der Waals surface area contributed by atoms with E-state index in [2.05, 4.69) is 32.4 Å². The molecule has 1 N–H and O–H groups in total. The van der Waals surface area contributed by atoms with Gasteiger partial charge in [0.05, 0.1) is 10.6 Å². The third-order valence-corrected chi connectivity index (χ3v) is 3.38. The Balaban J connectivity index is 3.04. The number of non-ortho nitro benzene ring substituents is 1. The van der Waals surface area contributed by atoms with Gasteiger partial charge in [-0.15, -0.1) is 0 Å².